The standard InChI is InChI=1S/C21H23FN4S/c1-6-16(10-9-15(4)22)18-13-27-21(24-18)25(5)20-17(7-2)23-19-11-8-14(3)12-26(19)20/h6,8-13H,4,7H2,1-3,5H3/b10-9-,16-6+. The van der Waals surface area contributed by atoms with Gasteiger partial charge in [-0.2, -0.15) is 0 Å². The van der Waals surface area contributed by atoms with E-state index in [2.05, 4.69) is 42.0 Å². The van der Waals surface area contributed by atoms with Gasteiger partial charge in [0, 0.05) is 18.6 Å². The minimum Gasteiger partial charge on any atom is -0.305 e. The number of anilines is 2. The first-order valence-electron chi connectivity index (χ1n) is 8.80. The van der Waals surface area contributed by atoms with Crippen molar-refractivity contribution in [1.82, 2.24) is 14.4 Å². The Balaban J connectivity index is 2.01. The molecule has 0 N–H and O–H groups in total. The van der Waals surface area contributed by atoms with Crippen molar-refractivity contribution < 1.29 is 4.39 Å². The first kappa shape index (κ1) is 19.0. The molecule has 0 aliphatic heterocycles. The largest absolute Gasteiger partial charge is 0.305 e. The van der Waals surface area contributed by atoms with Crippen molar-refractivity contribution in [3.05, 3.63) is 71.3 Å². The summed E-state index contributed by atoms with van der Waals surface area (Å²) in [4.78, 5) is 11.6. The van der Waals surface area contributed by atoms with Gasteiger partial charge in [0.15, 0.2) is 5.13 Å². The number of imidazole rings is 1. The number of pyridine rings is 1. The lowest BCUT2D eigenvalue weighted by molar-refractivity contribution is 0.671. The van der Waals surface area contributed by atoms with E-state index in [-0.39, 0.29) is 0 Å². The van der Waals surface area contributed by atoms with Crippen LogP contribution in [0.2, 0.25) is 0 Å². The molecule has 0 aliphatic carbocycles. The summed E-state index contributed by atoms with van der Waals surface area (Å²) in [5.41, 5.74) is 4.79. The third-order valence-corrected chi connectivity index (χ3v) is 5.21. The van der Waals surface area contributed by atoms with E-state index in [1.165, 1.54) is 11.6 Å². The molecule has 0 bridgehead atoms. The molecular formula is C21H23FN4S. The lowest BCUT2D eigenvalue weighted by atomic mass is 10.2. The quantitative estimate of drug-likeness (QED) is 0.500. The number of fused-ring (bicyclic) bond motifs is 1. The van der Waals surface area contributed by atoms with Crippen LogP contribution in [0.4, 0.5) is 15.3 Å². The van der Waals surface area contributed by atoms with Crippen molar-refractivity contribution in [2.75, 3.05) is 11.9 Å². The summed E-state index contributed by atoms with van der Waals surface area (Å²) < 4.78 is 15.1. The highest BCUT2D eigenvalue weighted by Crippen LogP contribution is 2.32. The number of hydrogen-bond donors (Lipinski definition) is 0. The summed E-state index contributed by atoms with van der Waals surface area (Å²) >= 11 is 1.55. The molecular weight excluding hydrogens is 359 g/mol. The Bertz CT molecular complexity index is 1040. The number of hydrogen-bond acceptors (Lipinski definition) is 4. The van der Waals surface area contributed by atoms with Crippen LogP contribution < -0.4 is 4.90 Å². The van der Waals surface area contributed by atoms with Crippen LogP contribution in [-0.2, 0) is 6.42 Å². The molecule has 3 aromatic heterocycles. The molecule has 3 aromatic rings. The van der Waals surface area contributed by atoms with E-state index in [0.29, 0.717) is 0 Å². The fourth-order valence-electron chi connectivity index (χ4n) is 2.93. The fraction of sp³-hybridized carbons (Fsp3) is 0.238. The van der Waals surface area contributed by atoms with Gasteiger partial charge in [-0.25, -0.2) is 14.4 Å². The molecule has 3 rings (SSSR count). The van der Waals surface area contributed by atoms with E-state index < -0.39 is 5.83 Å². The van der Waals surface area contributed by atoms with Crippen LogP contribution in [0.3, 0.4) is 0 Å². The Morgan fingerprint density at radius 1 is 1.33 bits per heavy atom. The maximum Gasteiger partial charge on any atom is 0.191 e. The van der Waals surface area contributed by atoms with Crippen LogP contribution in [0.1, 0.15) is 30.8 Å². The van der Waals surface area contributed by atoms with Crippen LogP contribution in [0, 0.1) is 6.92 Å². The second kappa shape index (κ2) is 7.88. The summed E-state index contributed by atoms with van der Waals surface area (Å²) in [5.74, 6) is 0.544. The maximum absolute atomic E-state index is 13.0. The summed E-state index contributed by atoms with van der Waals surface area (Å²) in [6.07, 6.45) is 7.87. The van der Waals surface area contributed by atoms with Gasteiger partial charge < -0.3 is 4.90 Å². The molecule has 140 valence electrons. The zero-order valence-electron chi connectivity index (χ0n) is 16.0. The van der Waals surface area contributed by atoms with Gasteiger partial charge in [-0.1, -0.05) is 31.7 Å². The molecule has 0 aliphatic rings. The summed E-state index contributed by atoms with van der Waals surface area (Å²) in [6, 6.07) is 4.10. The number of rotatable bonds is 6. The average molecular weight is 383 g/mol. The molecule has 0 saturated heterocycles. The van der Waals surface area contributed by atoms with Gasteiger partial charge in [-0.15, -0.1) is 11.3 Å². The first-order chi connectivity index (χ1) is 12.9. The number of aryl methyl sites for hydroxylation is 2. The maximum atomic E-state index is 13.0. The van der Waals surface area contributed by atoms with E-state index in [9.17, 15) is 4.39 Å². The van der Waals surface area contributed by atoms with Crippen molar-refractivity contribution in [3.63, 3.8) is 0 Å². The summed E-state index contributed by atoms with van der Waals surface area (Å²) in [7, 11) is 2.00. The van der Waals surface area contributed by atoms with E-state index in [0.717, 1.165) is 40.0 Å². The second-order valence-corrected chi connectivity index (χ2v) is 7.11. The molecule has 0 atom stereocenters. The van der Waals surface area contributed by atoms with Gasteiger partial charge in [-0.3, -0.25) is 4.40 Å². The minimum absolute atomic E-state index is 0.476. The van der Waals surface area contributed by atoms with E-state index in [1.807, 2.05) is 31.5 Å². The highest BCUT2D eigenvalue weighted by atomic mass is 32.1. The van der Waals surface area contributed by atoms with Crippen molar-refractivity contribution in [2.24, 2.45) is 0 Å². The Hall–Kier alpha value is -2.73. The van der Waals surface area contributed by atoms with Crippen molar-refractivity contribution in [2.45, 2.75) is 27.2 Å². The van der Waals surface area contributed by atoms with Crippen LogP contribution in [0.15, 0.2) is 54.3 Å². The van der Waals surface area contributed by atoms with Crippen LogP contribution in [0.25, 0.3) is 11.2 Å². The molecule has 0 saturated carbocycles. The van der Waals surface area contributed by atoms with Crippen molar-refractivity contribution in [3.8, 4) is 0 Å². The van der Waals surface area contributed by atoms with Gasteiger partial charge in [0.25, 0.3) is 0 Å². The number of thiazole rings is 1. The average Bonchev–Trinajstić information content (AvgIpc) is 3.26. The van der Waals surface area contributed by atoms with Crippen LogP contribution in [-0.4, -0.2) is 21.4 Å². The Morgan fingerprint density at radius 2 is 2.11 bits per heavy atom. The van der Waals surface area contributed by atoms with E-state index in [1.54, 1.807) is 17.4 Å². The molecule has 27 heavy (non-hydrogen) atoms. The highest BCUT2D eigenvalue weighted by Gasteiger charge is 2.19. The molecule has 0 spiro atoms. The molecule has 6 heteroatoms. The normalized spacial score (nSPS) is 12.3. The van der Waals surface area contributed by atoms with Gasteiger partial charge in [-0.05, 0) is 43.5 Å². The van der Waals surface area contributed by atoms with E-state index in [4.69, 9.17) is 9.97 Å². The van der Waals surface area contributed by atoms with Gasteiger partial charge in [0.2, 0.25) is 0 Å². The molecule has 0 radical (unpaired) electrons. The predicted octanol–water partition coefficient (Wildman–Crippen LogP) is 5.87. The van der Waals surface area contributed by atoms with Crippen LogP contribution >= 0.6 is 11.3 Å². The second-order valence-electron chi connectivity index (χ2n) is 6.27. The third-order valence-electron chi connectivity index (χ3n) is 4.29. The first-order valence-corrected chi connectivity index (χ1v) is 9.68. The van der Waals surface area contributed by atoms with Crippen molar-refractivity contribution in [1.29, 1.82) is 0 Å². The zero-order chi connectivity index (χ0) is 19.6. The minimum atomic E-state index is -0.476. The monoisotopic (exact) mass is 382 g/mol. The lowest BCUT2D eigenvalue weighted by Gasteiger charge is -2.17. The summed E-state index contributed by atoms with van der Waals surface area (Å²) in [5, 5.41) is 2.84. The Morgan fingerprint density at radius 3 is 2.78 bits per heavy atom. The fourth-order valence-corrected chi connectivity index (χ4v) is 3.73. The van der Waals surface area contributed by atoms with E-state index >= 15 is 0 Å². The van der Waals surface area contributed by atoms with Gasteiger partial charge in [0.1, 0.15) is 17.3 Å². The third kappa shape index (κ3) is 3.85. The Labute approximate surface area is 163 Å². The molecule has 4 nitrogen and oxygen atoms in total. The topological polar surface area (TPSA) is 33.4 Å². The molecule has 0 unspecified atom stereocenters. The highest BCUT2D eigenvalue weighted by molar-refractivity contribution is 7.13. The smallest absolute Gasteiger partial charge is 0.191 e. The number of aromatic nitrogens is 3. The van der Waals surface area contributed by atoms with Gasteiger partial charge in [0.05, 0.1) is 11.4 Å². The number of halogens is 1. The number of nitrogens with zero attached hydrogens (tertiary/aromatic N) is 4. The molecule has 0 fully saturated rings. The van der Waals surface area contributed by atoms with Gasteiger partial charge >= 0.3 is 0 Å². The van der Waals surface area contributed by atoms with Crippen molar-refractivity contribution >= 4 is 33.5 Å². The summed E-state index contributed by atoms with van der Waals surface area (Å²) in [6.45, 7) is 9.34. The Kier molecular flexibility index (Phi) is 5.56. The van der Waals surface area contributed by atoms with Crippen LogP contribution in [0.5, 0.6) is 0 Å². The molecule has 3 heterocycles. The number of allylic oxidation sites excluding steroid dienone is 5. The zero-order valence-corrected chi connectivity index (χ0v) is 16.8. The SMILES string of the molecule is C=C(F)/C=C\C(=C/C)c1csc(N(C)c2c(CC)nc3ccc(C)cn23)n1. The molecule has 0 amide bonds. The molecule has 0 aromatic carbocycles. The lowest BCUT2D eigenvalue weighted by Crippen LogP contribution is -2.13. The predicted molar refractivity (Wildman–Crippen MR) is 113 cm³/mol.